The molecule has 0 fully saturated rings. The second kappa shape index (κ2) is 6.31. The van der Waals surface area contributed by atoms with Crippen LogP contribution in [0.3, 0.4) is 0 Å². The highest BCUT2D eigenvalue weighted by atomic mass is 16.2. The smallest absolute Gasteiger partial charge is 0.252 e. The van der Waals surface area contributed by atoms with Gasteiger partial charge in [-0.05, 0) is 23.8 Å². The van der Waals surface area contributed by atoms with Crippen LogP contribution in [0, 0.1) is 0 Å². The van der Waals surface area contributed by atoms with E-state index in [1.807, 2.05) is 30.5 Å². The van der Waals surface area contributed by atoms with Gasteiger partial charge in [0.2, 0.25) is 5.91 Å². The molecular weight excluding hydrogens is 292 g/mol. The van der Waals surface area contributed by atoms with Crippen molar-refractivity contribution >= 4 is 22.7 Å². The Balaban J connectivity index is 1.80. The minimum absolute atomic E-state index is 0.330. The second-order valence-corrected chi connectivity index (χ2v) is 5.23. The number of carbonyl (C=O) groups is 2. The van der Waals surface area contributed by atoms with Crippen molar-refractivity contribution in [2.24, 2.45) is 5.73 Å². The Labute approximate surface area is 132 Å². The Morgan fingerprint density at radius 3 is 2.65 bits per heavy atom. The molecule has 4 N–H and O–H groups in total. The molecule has 0 bridgehead atoms. The SMILES string of the molecule is NC(=O)C(Cc1c[nH]c2ccccc12)NC(=O)c1ccncc1. The summed E-state index contributed by atoms with van der Waals surface area (Å²) in [6.07, 6.45) is 5.21. The molecular formula is C17H16N4O2. The van der Waals surface area contributed by atoms with Crippen LogP contribution in [-0.4, -0.2) is 27.8 Å². The number of nitrogens with one attached hydrogen (secondary N) is 2. The van der Waals surface area contributed by atoms with Gasteiger partial charge in [0, 0.05) is 41.5 Å². The number of nitrogens with zero attached hydrogens (tertiary/aromatic N) is 1. The van der Waals surface area contributed by atoms with Crippen LogP contribution in [0.4, 0.5) is 0 Å². The lowest BCUT2D eigenvalue weighted by Gasteiger charge is -2.15. The van der Waals surface area contributed by atoms with Crippen molar-refractivity contribution in [3.8, 4) is 0 Å². The summed E-state index contributed by atoms with van der Waals surface area (Å²) in [5.74, 6) is -0.922. The van der Waals surface area contributed by atoms with Crippen molar-refractivity contribution in [1.82, 2.24) is 15.3 Å². The molecule has 2 aromatic heterocycles. The lowest BCUT2D eigenvalue weighted by atomic mass is 10.0. The van der Waals surface area contributed by atoms with Crippen LogP contribution in [0.5, 0.6) is 0 Å². The Kier molecular flexibility index (Phi) is 4.05. The van der Waals surface area contributed by atoms with E-state index in [0.29, 0.717) is 12.0 Å². The van der Waals surface area contributed by atoms with Crippen LogP contribution in [0.25, 0.3) is 10.9 Å². The van der Waals surface area contributed by atoms with E-state index in [4.69, 9.17) is 5.73 Å². The number of para-hydroxylation sites is 1. The molecule has 1 atom stereocenters. The van der Waals surface area contributed by atoms with Crippen LogP contribution in [0.2, 0.25) is 0 Å². The van der Waals surface area contributed by atoms with Crippen molar-refractivity contribution in [2.45, 2.75) is 12.5 Å². The first-order chi connectivity index (χ1) is 11.1. The number of nitrogens with two attached hydrogens (primary N) is 1. The molecule has 0 aliphatic heterocycles. The minimum atomic E-state index is -0.783. The van der Waals surface area contributed by atoms with Gasteiger partial charge in [0.15, 0.2) is 0 Å². The van der Waals surface area contributed by atoms with E-state index >= 15 is 0 Å². The Hall–Kier alpha value is -3.15. The van der Waals surface area contributed by atoms with Crippen molar-refractivity contribution in [2.75, 3.05) is 0 Å². The van der Waals surface area contributed by atoms with Gasteiger partial charge >= 0.3 is 0 Å². The number of primary amides is 1. The Morgan fingerprint density at radius 1 is 1.17 bits per heavy atom. The van der Waals surface area contributed by atoms with Crippen molar-refractivity contribution in [1.29, 1.82) is 0 Å². The molecule has 116 valence electrons. The highest BCUT2D eigenvalue weighted by Crippen LogP contribution is 2.19. The van der Waals surface area contributed by atoms with Gasteiger partial charge in [-0.15, -0.1) is 0 Å². The predicted molar refractivity (Wildman–Crippen MR) is 86.7 cm³/mol. The number of amides is 2. The first-order valence-corrected chi connectivity index (χ1v) is 7.20. The molecule has 0 aliphatic carbocycles. The third-order valence-electron chi connectivity index (χ3n) is 3.69. The van der Waals surface area contributed by atoms with E-state index in [-0.39, 0.29) is 5.91 Å². The van der Waals surface area contributed by atoms with Crippen LogP contribution >= 0.6 is 0 Å². The van der Waals surface area contributed by atoms with E-state index in [1.54, 1.807) is 12.1 Å². The molecule has 0 radical (unpaired) electrons. The number of aromatic nitrogens is 2. The summed E-state index contributed by atoms with van der Waals surface area (Å²) >= 11 is 0. The fraction of sp³-hybridized carbons (Fsp3) is 0.118. The first kappa shape index (κ1) is 14.8. The van der Waals surface area contributed by atoms with Crippen LogP contribution < -0.4 is 11.1 Å². The van der Waals surface area contributed by atoms with Gasteiger partial charge in [-0.2, -0.15) is 0 Å². The average molecular weight is 308 g/mol. The predicted octanol–water partition coefficient (Wildman–Crippen LogP) is 1.39. The largest absolute Gasteiger partial charge is 0.368 e. The number of hydrogen-bond acceptors (Lipinski definition) is 3. The number of H-pyrrole nitrogens is 1. The minimum Gasteiger partial charge on any atom is -0.368 e. The van der Waals surface area contributed by atoms with Gasteiger partial charge in [-0.25, -0.2) is 0 Å². The topological polar surface area (TPSA) is 101 Å². The summed E-state index contributed by atoms with van der Waals surface area (Å²) in [6.45, 7) is 0. The third-order valence-corrected chi connectivity index (χ3v) is 3.69. The fourth-order valence-electron chi connectivity index (χ4n) is 2.49. The fourth-order valence-corrected chi connectivity index (χ4v) is 2.49. The lowest BCUT2D eigenvalue weighted by Crippen LogP contribution is -2.45. The number of hydrogen-bond donors (Lipinski definition) is 3. The van der Waals surface area contributed by atoms with Gasteiger partial charge < -0.3 is 16.0 Å². The second-order valence-electron chi connectivity index (χ2n) is 5.23. The number of fused-ring (bicyclic) bond motifs is 1. The molecule has 0 saturated carbocycles. The standard InChI is InChI=1S/C17H16N4O2/c18-16(22)15(21-17(23)11-5-7-19-8-6-11)9-12-10-20-14-4-2-1-3-13(12)14/h1-8,10,15,20H,9H2,(H2,18,22)(H,21,23). The monoisotopic (exact) mass is 308 g/mol. The molecule has 1 unspecified atom stereocenters. The van der Waals surface area contributed by atoms with Crippen molar-refractivity contribution in [3.63, 3.8) is 0 Å². The van der Waals surface area contributed by atoms with Gasteiger partial charge in [-0.1, -0.05) is 18.2 Å². The number of rotatable bonds is 5. The van der Waals surface area contributed by atoms with Gasteiger partial charge in [0.05, 0.1) is 0 Å². The molecule has 6 heteroatoms. The molecule has 23 heavy (non-hydrogen) atoms. The van der Waals surface area contributed by atoms with Crippen LogP contribution in [0.1, 0.15) is 15.9 Å². The van der Waals surface area contributed by atoms with Gasteiger partial charge in [0.25, 0.3) is 5.91 Å². The normalized spacial score (nSPS) is 12.0. The van der Waals surface area contributed by atoms with Crippen LogP contribution in [0.15, 0.2) is 55.0 Å². The summed E-state index contributed by atoms with van der Waals surface area (Å²) in [5.41, 5.74) is 7.79. The highest BCUT2D eigenvalue weighted by Gasteiger charge is 2.20. The molecule has 3 aromatic rings. The third kappa shape index (κ3) is 3.21. The number of carbonyl (C=O) groups excluding carboxylic acids is 2. The molecule has 2 amide bonds. The molecule has 3 rings (SSSR count). The number of pyridine rings is 1. The van der Waals surface area contributed by atoms with E-state index in [9.17, 15) is 9.59 Å². The van der Waals surface area contributed by atoms with Crippen molar-refractivity contribution in [3.05, 3.63) is 66.1 Å². The maximum Gasteiger partial charge on any atom is 0.252 e. The quantitative estimate of drug-likeness (QED) is 0.664. The molecule has 1 aromatic carbocycles. The van der Waals surface area contributed by atoms with E-state index in [2.05, 4.69) is 15.3 Å². The molecule has 0 saturated heterocycles. The Bertz CT molecular complexity index is 842. The summed E-state index contributed by atoms with van der Waals surface area (Å²) < 4.78 is 0. The summed E-state index contributed by atoms with van der Waals surface area (Å²) in [5, 5.41) is 3.69. The number of benzene rings is 1. The summed E-state index contributed by atoms with van der Waals surface area (Å²) in [7, 11) is 0. The lowest BCUT2D eigenvalue weighted by molar-refractivity contribution is -0.119. The zero-order chi connectivity index (χ0) is 16.2. The van der Waals surface area contributed by atoms with Gasteiger partial charge in [-0.3, -0.25) is 14.6 Å². The van der Waals surface area contributed by atoms with E-state index in [0.717, 1.165) is 16.5 Å². The Morgan fingerprint density at radius 2 is 1.91 bits per heavy atom. The molecule has 2 heterocycles. The highest BCUT2D eigenvalue weighted by molar-refractivity contribution is 5.97. The molecule has 0 spiro atoms. The molecule has 6 nitrogen and oxygen atoms in total. The maximum absolute atomic E-state index is 12.2. The van der Waals surface area contributed by atoms with Crippen molar-refractivity contribution < 1.29 is 9.59 Å². The maximum atomic E-state index is 12.2. The number of aromatic amines is 1. The average Bonchev–Trinajstić information content (AvgIpc) is 2.98. The molecule has 0 aliphatic rings. The van der Waals surface area contributed by atoms with E-state index < -0.39 is 11.9 Å². The summed E-state index contributed by atoms with van der Waals surface area (Å²) in [4.78, 5) is 30.9. The zero-order valence-corrected chi connectivity index (χ0v) is 12.3. The van der Waals surface area contributed by atoms with E-state index in [1.165, 1.54) is 12.4 Å². The van der Waals surface area contributed by atoms with Crippen LogP contribution in [-0.2, 0) is 11.2 Å². The van der Waals surface area contributed by atoms with Gasteiger partial charge in [0.1, 0.15) is 6.04 Å². The first-order valence-electron chi connectivity index (χ1n) is 7.20. The zero-order valence-electron chi connectivity index (χ0n) is 12.3. The summed E-state index contributed by atoms with van der Waals surface area (Å²) in [6, 6.07) is 10.2.